The Hall–Kier alpha value is -6.50. The van der Waals surface area contributed by atoms with Gasteiger partial charge in [-0.15, -0.1) is 0 Å². The SMILES string of the molecule is c1cc(-c2ccc3ccccc3c2)cc(-c2ccc3c(-c4ccc5ccccc5c4)c4ccccc4c(-c4cccc5ccccc45)c3c2)c1. The van der Waals surface area contributed by atoms with Crippen LogP contribution in [0.25, 0.3) is 98.4 Å². The highest BCUT2D eigenvalue weighted by molar-refractivity contribution is 6.24. The fourth-order valence-corrected chi connectivity index (χ4v) is 7.99. The van der Waals surface area contributed by atoms with E-state index in [9.17, 15) is 0 Å². The van der Waals surface area contributed by atoms with Crippen LogP contribution in [-0.4, -0.2) is 0 Å². The summed E-state index contributed by atoms with van der Waals surface area (Å²) in [6.07, 6.45) is 0. The molecule has 0 unspecified atom stereocenters. The smallest absolute Gasteiger partial charge is 0.00199 e. The van der Waals surface area contributed by atoms with Gasteiger partial charge in [-0.3, -0.25) is 0 Å². The van der Waals surface area contributed by atoms with Crippen LogP contribution in [0.1, 0.15) is 0 Å². The van der Waals surface area contributed by atoms with E-state index in [4.69, 9.17) is 0 Å². The maximum Gasteiger partial charge on any atom is -0.00199 e. The minimum absolute atomic E-state index is 1.21. The number of benzene rings is 10. The molecule has 10 rings (SSSR count). The highest BCUT2D eigenvalue weighted by Crippen LogP contribution is 2.46. The molecule has 0 N–H and O–H groups in total. The second-order valence-corrected chi connectivity index (χ2v) is 13.3. The molecule has 50 heavy (non-hydrogen) atoms. The molecule has 0 spiro atoms. The predicted molar refractivity (Wildman–Crippen MR) is 216 cm³/mol. The Balaban J connectivity index is 1.26. The van der Waals surface area contributed by atoms with Gasteiger partial charge < -0.3 is 0 Å². The largest absolute Gasteiger partial charge is 0.0616 e. The van der Waals surface area contributed by atoms with Crippen molar-refractivity contribution in [3.63, 3.8) is 0 Å². The monoisotopic (exact) mass is 632 g/mol. The Bertz CT molecular complexity index is 2920. The molecule has 10 aromatic rings. The fraction of sp³-hybridized carbons (Fsp3) is 0. The maximum absolute atomic E-state index is 2.43. The van der Waals surface area contributed by atoms with Gasteiger partial charge in [-0.2, -0.15) is 0 Å². The van der Waals surface area contributed by atoms with Crippen LogP contribution in [0.15, 0.2) is 194 Å². The lowest BCUT2D eigenvalue weighted by atomic mass is 9.83. The normalized spacial score (nSPS) is 11.6. The molecule has 0 saturated heterocycles. The summed E-state index contributed by atoms with van der Waals surface area (Å²) in [6.45, 7) is 0. The lowest BCUT2D eigenvalue weighted by Gasteiger charge is -2.20. The van der Waals surface area contributed by atoms with Crippen LogP contribution in [0.3, 0.4) is 0 Å². The molecule has 0 aromatic heterocycles. The van der Waals surface area contributed by atoms with Gasteiger partial charge in [0.15, 0.2) is 0 Å². The maximum atomic E-state index is 2.43. The van der Waals surface area contributed by atoms with Crippen LogP contribution in [0.2, 0.25) is 0 Å². The van der Waals surface area contributed by atoms with E-state index in [-0.39, 0.29) is 0 Å². The summed E-state index contributed by atoms with van der Waals surface area (Å²) >= 11 is 0. The van der Waals surface area contributed by atoms with E-state index >= 15 is 0 Å². The van der Waals surface area contributed by atoms with Crippen LogP contribution in [0.5, 0.6) is 0 Å². The highest BCUT2D eigenvalue weighted by Gasteiger charge is 2.19. The molecule has 10 aromatic carbocycles. The Kier molecular flexibility index (Phi) is 6.60. The van der Waals surface area contributed by atoms with Gasteiger partial charge in [0.05, 0.1) is 0 Å². The molecule has 0 heteroatoms. The Morgan fingerprint density at radius 1 is 0.200 bits per heavy atom. The third-order valence-corrected chi connectivity index (χ3v) is 10.4. The van der Waals surface area contributed by atoms with Gasteiger partial charge in [0.25, 0.3) is 0 Å². The second-order valence-electron chi connectivity index (χ2n) is 13.3. The van der Waals surface area contributed by atoms with Crippen molar-refractivity contribution < 1.29 is 0 Å². The molecule has 0 aliphatic rings. The molecule has 0 saturated carbocycles. The van der Waals surface area contributed by atoms with E-state index in [1.807, 2.05) is 0 Å². The number of hydrogen-bond acceptors (Lipinski definition) is 0. The van der Waals surface area contributed by atoms with Crippen molar-refractivity contribution in [2.45, 2.75) is 0 Å². The minimum Gasteiger partial charge on any atom is -0.0616 e. The molecular formula is C50H32. The zero-order chi connectivity index (χ0) is 33.0. The number of fused-ring (bicyclic) bond motifs is 5. The number of hydrogen-bond donors (Lipinski definition) is 0. The van der Waals surface area contributed by atoms with Gasteiger partial charge in [-0.05, 0) is 123 Å². The molecule has 0 heterocycles. The van der Waals surface area contributed by atoms with E-state index in [1.54, 1.807) is 0 Å². The van der Waals surface area contributed by atoms with Crippen LogP contribution in [0.4, 0.5) is 0 Å². The van der Waals surface area contributed by atoms with Gasteiger partial charge in [0, 0.05) is 0 Å². The molecule has 0 aliphatic carbocycles. The summed E-state index contributed by atoms with van der Waals surface area (Å²) in [7, 11) is 0. The van der Waals surface area contributed by atoms with Crippen molar-refractivity contribution in [3.05, 3.63) is 194 Å². The summed E-state index contributed by atoms with van der Waals surface area (Å²) in [6, 6.07) is 71.5. The second kappa shape index (κ2) is 11.6. The average Bonchev–Trinajstić information content (AvgIpc) is 3.19. The first-order valence-corrected chi connectivity index (χ1v) is 17.3. The lowest BCUT2D eigenvalue weighted by molar-refractivity contribution is 1.61. The Labute approximate surface area is 291 Å². The zero-order valence-corrected chi connectivity index (χ0v) is 27.5. The fourth-order valence-electron chi connectivity index (χ4n) is 7.99. The number of rotatable bonds is 4. The summed E-state index contributed by atoms with van der Waals surface area (Å²) in [5.41, 5.74) is 9.93. The van der Waals surface area contributed by atoms with Crippen LogP contribution < -0.4 is 0 Å². The summed E-state index contributed by atoms with van der Waals surface area (Å²) in [4.78, 5) is 0. The van der Waals surface area contributed by atoms with Crippen molar-refractivity contribution in [3.8, 4) is 44.5 Å². The third-order valence-electron chi connectivity index (χ3n) is 10.4. The molecule has 0 bridgehead atoms. The Morgan fingerprint density at radius 2 is 0.660 bits per heavy atom. The Morgan fingerprint density at radius 3 is 1.38 bits per heavy atom. The van der Waals surface area contributed by atoms with Crippen LogP contribution in [-0.2, 0) is 0 Å². The van der Waals surface area contributed by atoms with Crippen molar-refractivity contribution in [2.24, 2.45) is 0 Å². The van der Waals surface area contributed by atoms with Gasteiger partial charge in [0.1, 0.15) is 0 Å². The van der Waals surface area contributed by atoms with E-state index in [0.29, 0.717) is 0 Å². The van der Waals surface area contributed by atoms with Crippen molar-refractivity contribution in [1.82, 2.24) is 0 Å². The van der Waals surface area contributed by atoms with E-state index < -0.39 is 0 Å². The van der Waals surface area contributed by atoms with Crippen molar-refractivity contribution in [2.75, 3.05) is 0 Å². The first-order valence-electron chi connectivity index (χ1n) is 17.3. The molecule has 0 atom stereocenters. The molecule has 232 valence electrons. The zero-order valence-electron chi connectivity index (χ0n) is 27.5. The van der Waals surface area contributed by atoms with Crippen molar-refractivity contribution >= 4 is 53.9 Å². The quantitative estimate of drug-likeness (QED) is 0.169. The predicted octanol–water partition coefficient (Wildman–Crippen LogP) is 14.1. The van der Waals surface area contributed by atoms with Gasteiger partial charge >= 0.3 is 0 Å². The average molecular weight is 633 g/mol. The molecule has 0 amide bonds. The summed E-state index contributed by atoms with van der Waals surface area (Å²) < 4.78 is 0. The minimum atomic E-state index is 1.21. The first-order chi connectivity index (χ1) is 24.8. The molecule has 0 aliphatic heterocycles. The molecule has 0 nitrogen and oxygen atoms in total. The van der Waals surface area contributed by atoms with E-state index in [1.165, 1.54) is 98.4 Å². The molecule has 0 fully saturated rings. The summed E-state index contributed by atoms with van der Waals surface area (Å²) in [5, 5.41) is 12.6. The standard InChI is InChI=1S/C50H32/c1-3-14-36-29-40(25-23-33(36)11-1)38-17-9-18-39(30-38)41-27-28-47-48(32-41)50(44-22-10-16-35-13-5-6-19-43(35)44)46-21-8-7-20-45(46)49(47)42-26-24-34-12-2-4-15-37(34)31-42/h1-32H. The highest BCUT2D eigenvalue weighted by atomic mass is 14.2. The third kappa shape index (κ3) is 4.69. The first kappa shape index (κ1) is 28.5. The van der Waals surface area contributed by atoms with Gasteiger partial charge in [0.2, 0.25) is 0 Å². The van der Waals surface area contributed by atoms with E-state index in [2.05, 4.69) is 194 Å². The topological polar surface area (TPSA) is 0 Å². The molecular weight excluding hydrogens is 601 g/mol. The van der Waals surface area contributed by atoms with Crippen molar-refractivity contribution in [1.29, 1.82) is 0 Å². The molecule has 0 radical (unpaired) electrons. The van der Waals surface area contributed by atoms with Crippen LogP contribution >= 0.6 is 0 Å². The van der Waals surface area contributed by atoms with E-state index in [0.717, 1.165) is 0 Å². The summed E-state index contributed by atoms with van der Waals surface area (Å²) in [5.74, 6) is 0. The lowest BCUT2D eigenvalue weighted by Crippen LogP contribution is -1.93. The van der Waals surface area contributed by atoms with Crippen LogP contribution in [0, 0.1) is 0 Å². The van der Waals surface area contributed by atoms with Gasteiger partial charge in [-0.1, -0.05) is 170 Å². The van der Waals surface area contributed by atoms with Gasteiger partial charge in [-0.25, -0.2) is 0 Å².